The maximum atomic E-state index is 11.8. The van der Waals surface area contributed by atoms with E-state index in [-0.39, 0.29) is 29.5 Å². The first-order chi connectivity index (χ1) is 14.0. The van der Waals surface area contributed by atoms with E-state index in [1.165, 1.54) is 15.3 Å². The molecule has 2 N–H and O–H groups in total. The summed E-state index contributed by atoms with van der Waals surface area (Å²) < 4.78 is 1.70. The van der Waals surface area contributed by atoms with Crippen molar-refractivity contribution in [3.05, 3.63) is 92.0 Å². The summed E-state index contributed by atoms with van der Waals surface area (Å²) in [7, 11) is 1.79. The Morgan fingerprint density at radius 3 is 2.47 bits per heavy atom. The van der Waals surface area contributed by atoms with Crippen LogP contribution >= 0.6 is 35.3 Å². The number of hydrogen-bond donors (Lipinski definition) is 2. The SMILES string of the molecule is CN=C(NCc1ccc(Cn2ccccc2=O)cc1)NC(C)Cc1ccc(C)s1.I. The molecule has 1 atom stereocenters. The van der Waals surface area contributed by atoms with Gasteiger partial charge in [-0.05, 0) is 43.2 Å². The van der Waals surface area contributed by atoms with Gasteiger partial charge < -0.3 is 15.2 Å². The summed E-state index contributed by atoms with van der Waals surface area (Å²) in [5.74, 6) is 0.797. The van der Waals surface area contributed by atoms with Crippen LogP contribution < -0.4 is 16.2 Å². The summed E-state index contributed by atoms with van der Waals surface area (Å²) in [4.78, 5) is 18.9. The van der Waals surface area contributed by atoms with Crippen molar-refractivity contribution in [3.63, 3.8) is 0 Å². The predicted octanol–water partition coefficient (Wildman–Crippen LogP) is 4.18. The topological polar surface area (TPSA) is 58.4 Å². The standard InChI is InChI=1S/C23H28N4OS.HI/c1-17(14-21-12-7-18(2)29-21)26-23(24-3)25-15-19-8-10-20(11-9-19)16-27-13-5-4-6-22(27)28;/h4-13,17H,14-16H2,1-3H3,(H2,24,25,26);1H. The number of hydrogen-bond acceptors (Lipinski definition) is 3. The molecule has 0 saturated heterocycles. The molecule has 0 aliphatic heterocycles. The highest BCUT2D eigenvalue weighted by Gasteiger charge is 2.08. The van der Waals surface area contributed by atoms with E-state index in [1.807, 2.05) is 23.6 Å². The van der Waals surface area contributed by atoms with Crippen LogP contribution in [0.3, 0.4) is 0 Å². The van der Waals surface area contributed by atoms with Gasteiger partial charge in [-0.25, -0.2) is 0 Å². The van der Waals surface area contributed by atoms with Crippen molar-refractivity contribution in [1.29, 1.82) is 0 Å². The van der Waals surface area contributed by atoms with Crippen molar-refractivity contribution in [2.75, 3.05) is 7.05 Å². The number of guanidine groups is 1. The summed E-state index contributed by atoms with van der Waals surface area (Å²) in [5.41, 5.74) is 2.28. The Bertz CT molecular complexity index is 1010. The lowest BCUT2D eigenvalue weighted by Gasteiger charge is -2.17. The van der Waals surface area contributed by atoms with Crippen molar-refractivity contribution in [3.8, 4) is 0 Å². The van der Waals surface area contributed by atoms with Crippen molar-refractivity contribution >= 4 is 41.3 Å². The van der Waals surface area contributed by atoms with Gasteiger partial charge in [0, 0.05) is 48.1 Å². The van der Waals surface area contributed by atoms with E-state index < -0.39 is 0 Å². The first kappa shape index (κ1) is 24.1. The zero-order chi connectivity index (χ0) is 20.6. The van der Waals surface area contributed by atoms with Crippen LogP contribution in [-0.4, -0.2) is 23.6 Å². The molecule has 0 saturated carbocycles. The maximum Gasteiger partial charge on any atom is 0.250 e. The minimum atomic E-state index is 0. The molecular formula is C23H29IN4OS. The molecule has 0 spiro atoms. The van der Waals surface area contributed by atoms with E-state index in [2.05, 4.69) is 65.9 Å². The number of aryl methyl sites for hydroxylation is 1. The van der Waals surface area contributed by atoms with E-state index in [0.717, 1.165) is 17.9 Å². The Kier molecular flexibility index (Phi) is 9.58. The second-order valence-electron chi connectivity index (χ2n) is 7.17. The number of pyridine rings is 1. The third-order valence-corrected chi connectivity index (χ3v) is 5.67. The molecule has 2 heterocycles. The minimum Gasteiger partial charge on any atom is -0.354 e. The van der Waals surface area contributed by atoms with E-state index in [4.69, 9.17) is 0 Å². The van der Waals surface area contributed by atoms with Crippen LogP contribution in [0.2, 0.25) is 0 Å². The van der Waals surface area contributed by atoms with Crippen LogP contribution in [0.1, 0.15) is 27.8 Å². The number of nitrogens with one attached hydrogen (secondary N) is 2. The number of aliphatic imine (C=N–C) groups is 1. The van der Waals surface area contributed by atoms with Gasteiger partial charge in [-0.2, -0.15) is 0 Å². The number of thiophene rings is 1. The summed E-state index contributed by atoms with van der Waals surface area (Å²) in [6, 6.07) is 18.2. The average Bonchev–Trinajstić information content (AvgIpc) is 3.12. The Hall–Kier alpha value is -2.13. The number of nitrogens with zero attached hydrogens (tertiary/aromatic N) is 2. The summed E-state index contributed by atoms with van der Waals surface area (Å²) in [6.07, 6.45) is 2.79. The van der Waals surface area contributed by atoms with Gasteiger partial charge in [0.25, 0.3) is 5.56 Å². The quantitative estimate of drug-likeness (QED) is 0.271. The summed E-state index contributed by atoms with van der Waals surface area (Å²) in [5, 5.41) is 6.83. The predicted molar refractivity (Wildman–Crippen MR) is 137 cm³/mol. The maximum absolute atomic E-state index is 11.8. The lowest BCUT2D eigenvalue weighted by atomic mass is 10.1. The fraction of sp³-hybridized carbons (Fsp3) is 0.304. The Balaban J connectivity index is 0.00000320. The molecule has 0 amide bonds. The number of halogens is 1. The summed E-state index contributed by atoms with van der Waals surface area (Å²) in [6.45, 7) is 5.57. The van der Waals surface area contributed by atoms with Gasteiger partial charge >= 0.3 is 0 Å². The second kappa shape index (κ2) is 11.9. The highest BCUT2D eigenvalue weighted by molar-refractivity contribution is 14.0. The van der Waals surface area contributed by atoms with Gasteiger partial charge in [-0.15, -0.1) is 35.3 Å². The van der Waals surface area contributed by atoms with Crippen LogP contribution in [0, 0.1) is 6.92 Å². The van der Waals surface area contributed by atoms with Crippen molar-refractivity contribution in [2.24, 2.45) is 4.99 Å². The Labute approximate surface area is 199 Å². The molecule has 0 aliphatic carbocycles. The zero-order valence-corrected chi connectivity index (χ0v) is 20.7. The third kappa shape index (κ3) is 7.28. The fourth-order valence-electron chi connectivity index (χ4n) is 3.11. The Morgan fingerprint density at radius 2 is 1.83 bits per heavy atom. The smallest absolute Gasteiger partial charge is 0.250 e. The highest BCUT2D eigenvalue weighted by Crippen LogP contribution is 2.16. The van der Waals surface area contributed by atoms with Crippen LogP contribution in [0.25, 0.3) is 0 Å². The second-order valence-corrected chi connectivity index (χ2v) is 8.54. The fourth-order valence-corrected chi connectivity index (χ4v) is 4.13. The molecule has 0 aliphatic rings. The number of aromatic nitrogens is 1. The van der Waals surface area contributed by atoms with Crippen LogP contribution in [0.4, 0.5) is 0 Å². The van der Waals surface area contributed by atoms with Gasteiger partial charge in [-0.3, -0.25) is 9.79 Å². The van der Waals surface area contributed by atoms with Crippen molar-refractivity contribution in [1.82, 2.24) is 15.2 Å². The molecule has 3 rings (SSSR count). The number of benzene rings is 1. The monoisotopic (exact) mass is 536 g/mol. The lowest BCUT2D eigenvalue weighted by molar-refractivity contribution is 0.645. The molecule has 30 heavy (non-hydrogen) atoms. The number of rotatable bonds is 7. The molecule has 7 heteroatoms. The molecule has 2 aromatic heterocycles. The lowest BCUT2D eigenvalue weighted by Crippen LogP contribution is -2.42. The van der Waals surface area contributed by atoms with Gasteiger partial charge in [0.15, 0.2) is 5.96 Å². The van der Waals surface area contributed by atoms with Gasteiger partial charge in [0.05, 0.1) is 6.54 Å². The van der Waals surface area contributed by atoms with E-state index >= 15 is 0 Å². The van der Waals surface area contributed by atoms with Crippen LogP contribution in [-0.2, 0) is 19.5 Å². The summed E-state index contributed by atoms with van der Waals surface area (Å²) >= 11 is 1.84. The highest BCUT2D eigenvalue weighted by atomic mass is 127. The van der Waals surface area contributed by atoms with E-state index in [1.54, 1.807) is 23.7 Å². The van der Waals surface area contributed by atoms with Crippen LogP contribution in [0.5, 0.6) is 0 Å². The molecule has 5 nitrogen and oxygen atoms in total. The average molecular weight is 536 g/mol. The van der Waals surface area contributed by atoms with Crippen LogP contribution in [0.15, 0.2) is 70.6 Å². The molecule has 1 unspecified atom stereocenters. The molecule has 0 radical (unpaired) electrons. The molecule has 0 bridgehead atoms. The molecular weight excluding hydrogens is 507 g/mol. The molecule has 3 aromatic rings. The zero-order valence-electron chi connectivity index (χ0n) is 17.6. The first-order valence-electron chi connectivity index (χ1n) is 9.79. The molecule has 160 valence electrons. The molecule has 0 fully saturated rings. The van der Waals surface area contributed by atoms with E-state index in [9.17, 15) is 4.79 Å². The van der Waals surface area contributed by atoms with Crippen molar-refractivity contribution in [2.45, 2.75) is 39.4 Å². The minimum absolute atomic E-state index is 0. The largest absolute Gasteiger partial charge is 0.354 e. The Morgan fingerprint density at radius 1 is 1.10 bits per heavy atom. The van der Waals surface area contributed by atoms with Crippen molar-refractivity contribution < 1.29 is 0 Å². The van der Waals surface area contributed by atoms with E-state index in [0.29, 0.717) is 19.1 Å². The van der Waals surface area contributed by atoms with Gasteiger partial charge in [0.1, 0.15) is 0 Å². The third-order valence-electron chi connectivity index (χ3n) is 4.64. The molecule has 1 aromatic carbocycles. The van der Waals surface area contributed by atoms with Gasteiger partial charge in [-0.1, -0.05) is 30.3 Å². The normalized spacial score (nSPS) is 12.2. The first-order valence-corrected chi connectivity index (χ1v) is 10.6. The van der Waals surface area contributed by atoms with Gasteiger partial charge in [0.2, 0.25) is 0 Å².